The van der Waals surface area contributed by atoms with Crippen molar-refractivity contribution >= 4 is 27.7 Å². The Morgan fingerprint density at radius 3 is 2.59 bits per heavy atom. The minimum Gasteiger partial charge on any atom is -0.246 e. The van der Waals surface area contributed by atoms with Gasteiger partial charge in [0.25, 0.3) is 0 Å². The summed E-state index contributed by atoms with van der Waals surface area (Å²) < 4.78 is 1.07. The Kier molecular flexibility index (Phi) is 4.24. The average molecular weight is 308 g/mol. The van der Waals surface area contributed by atoms with Gasteiger partial charge in [0, 0.05) is 10.2 Å². The van der Waals surface area contributed by atoms with Crippen LogP contribution in [0.15, 0.2) is 45.9 Å². The Hall–Kier alpha value is -0.800. The van der Waals surface area contributed by atoms with Crippen molar-refractivity contribution in [3.63, 3.8) is 0 Å². The standard InChI is InChI=1S/C14H14BrNS/c1-10-5-3-4-6-12(10)9-17-14-8-7-13(15)11(2)16-14/h3-8H,9H2,1-2H3. The highest BCUT2D eigenvalue weighted by Crippen LogP contribution is 2.25. The predicted octanol–water partition coefficient (Wildman–Crippen LogP) is 4.75. The topological polar surface area (TPSA) is 12.9 Å². The Morgan fingerprint density at radius 1 is 1.12 bits per heavy atom. The maximum absolute atomic E-state index is 4.53. The highest BCUT2D eigenvalue weighted by molar-refractivity contribution is 9.10. The first-order chi connectivity index (χ1) is 8.16. The smallest absolute Gasteiger partial charge is 0.0967 e. The van der Waals surface area contributed by atoms with Gasteiger partial charge in [0.15, 0.2) is 0 Å². The summed E-state index contributed by atoms with van der Waals surface area (Å²) in [5, 5.41) is 1.08. The number of nitrogens with zero attached hydrogens (tertiary/aromatic N) is 1. The summed E-state index contributed by atoms with van der Waals surface area (Å²) in [5.41, 5.74) is 3.76. The van der Waals surface area contributed by atoms with Crippen molar-refractivity contribution in [2.75, 3.05) is 0 Å². The maximum atomic E-state index is 4.53. The summed E-state index contributed by atoms with van der Waals surface area (Å²) >= 11 is 5.24. The molecule has 0 aliphatic rings. The highest BCUT2D eigenvalue weighted by atomic mass is 79.9. The molecule has 0 saturated heterocycles. The van der Waals surface area contributed by atoms with Gasteiger partial charge < -0.3 is 0 Å². The van der Waals surface area contributed by atoms with Crippen molar-refractivity contribution in [3.8, 4) is 0 Å². The number of aryl methyl sites for hydroxylation is 2. The fourth-order valence-electron chi connectivity index (χ4n) is 1.53. The summed E-state index contributed by atoms with van der Waals surface area (Å²) in [5.74, 6) is 0.973. The number of halogens is 1. The van der Waals surface area contributed by atoms with E-state index in [1.807, 2.05) is 6.92 Å². The van der Waals surface area contributed by atoms with E-state index >= 15 is 0 Å². The number of pyridine rings is 1. The lowest BCUT2D eigenvalue weighted by molar-refractivity contribution is 1.05. The van der Waals surface area contributed by atoms with Crippen molar-refractivity contribution in [2.24, 2.45) is 0 Å². The van der Waals surface area contributed by atoms with Crippen LogP contribution in [0.5, 0.6) is 0 Å². The molecule has 0 atom stereocenters. The van der Waals surface area contributed by atoms with Crippen LogP contribution in [-0.4, -0.2) is 4.98 Å². The summed E-state index contributed by atoms with van der Waals surface area (Å²) in [7, 11) is 0. The number of rotatable bonds is 3. The molecule has 0 bridgehead atoms. The van der Waals surface area contributed by atoms with Crippen LogP contribution < -0.4 is 0 Å². The van der Waals surface area contributed by atoms with E-state index in [9.17, 15) is 0 Å². The molecule has 1 aromatic heterocycles. The Morgan fingerprint density at radius 2 is 1.88 bits per heavy atom. The predicted molar refractivity (Wildman–Crippen MR) is 77.4 cm³/mol. The molecule has 17 heavy (non-hydrogen) atoms. The summed E-state index contributed by atoms with van der Waals surface area (Å²) in [6, 6.07) is 12.6. The summed E-state index contributed by atoms with van der Waals surface area (Å²) in [4.78, 5) is 4.53. The molecular formula is C14H14BrNS. The molecule has 2 aromatic rings. The third kappa shape index (κ3) is 3.33. The third-order valence-electron chi connectivity index (χ3n) is 2.63. The molecule has 88 valence electrons. The second-order valence-corrected chi connectivity index (χ2v) is 5.78. The number of aromatic nitrogens is 1. The second kappa shape index (κ2) is 5.69. The van der Waals surface area contributed by atoms with E-state index in [-0.39, 0.29) is 0 Å². The zero-order chi connectivity index (χ0) is 12.3. The van der Waals surface area contributed by atoms with Crippen molar-refractivity contribution < 1.29 is 0 Å². The Bertz CT molecular complexity index is 525. The van der Waals surface area contributed by atoms with Crippen LogP contribution in [-0.2, 0) is 5.75 Å². The van der Waals surface area contributed by atoms with Crippen molar-refractivity contribution in [3.05, 3.63) is 57.7 Å². The largest absolute Gasteiger partial charge is 0.246 e. The third-order valence-corrected chi connectivity index (χ3v) is 4.45. The van der Waals surface area contributed by atoms with Gasteiger partial charge in [-0.2, -0.15) is 0 Å². The number of thioether (sulfide) groups is 1. The van der Waals surface area contributed by atoms with E-state index in [1.54, 1.807) is 11.8 Å². The number of benzene rings is 1. The molecule has 0 unspecified atom stereocenters. The molecule has 0 aliphatic heterocycles. The fourth-order valence-corrected chi connectivity index (χ4v) is 2.74. The maximum Gasteiger partial charge on any atom is 0.0967 e. The van der Waals surface area contributed by atoms with E-state index in [0.29, 0.717) is 0 Å². The fraction of sp³-hybridized carbons (Fsp3) is 0.214. The minimum absolute atomic E-state index is 0.973. The van der Waals surface area contributed by atoms with Gasteiger partial charge in [-0.3, -0.25) is 0 Å². The van der Waals surface area contributed by atoms with Gasteiger partial charge in [-0.1, -0.05) is 24.3 Å². The normalized spacial score (nSPS) is 10.5. The SMILES string of the molecule is Cc1ccccc1CSc1ccc(Br)c(C)n1. The van der Waals surface area contributed by atoms with Gasteiger partial charge in [-0.05, 0) is 53.0 Å². The lowest BCUT2D eigenvalue weighted by atomic mass is 10.1. The molecule has 2 rings (SSSR count). The second-order valence-electron chi connectivity index (χ2n) is 3.93. The molecule has 0 saturated carbocycles. The highest BCUT2D eigenvalue weighted by Gasteiger charge is 2.02. The Balaban J connectivity index is 2.08. The van der Waals surface area contributed by atoms with Gasteiger partial charge in [0.2, 0.25) is 0 Å². The van der Waals surface area contributed by atoms with Crippen LogP contribution in [0.2, 0.25) is 0 Å². The van der Waals surface area contributed by atoms with Crippen LogP contribution in [0.25, 0.3) is 0 Å². The van der Waals surface area contributed by atoms with E-state index in [4.69, 9.17) is 0 Å². The number of hydrogen-bond donors (Lipinski definition) is 0. The molecule has 0 amide bonds. The van der Waals surface area contributed by atoms with Crippen molar-refractivity contribution in [2.45, 2.75) is 24.6 Å². The van der Waals surface area contributed by atoms with Crippen LogP contribution >= 0.6 is 27.7 Å². The van der Waals surface area contributed by atoms with Crippen LogP contribution in [0, 0.1) is 13.8 Å². The zero-order valence-corrected chi connectivity index (χ0v) is 12.3. The quantitative estimate of drug-likeness (QED) is 0.759. The lowest BCUT2D eigenvalue weighted by Crippen LogP contribution is -1.89. The summed E-state index contributed by atoms with van der Waals surface area (Å²) in [6.45, 7) is 4.16. The molecule has 0 N–H and O–H groups in total. The van der Waals surface area contributed by atoms with Gasteiger partial charge in [0.05, 0.1) is 10.7 Å². The van der Waals surface area contributed by atoms with Gasteiger partial charge in [0.1, 0.15) is 0 Å². The van der Waals surface area contributed by atoms with Crippen LogP contribution in [0.4, 0.5) is 0 Å². The molecule has 0 spiro atoms. The van der Waals surface area contributed by atoms with E-state index < -0.39 is 0 Å². The molecular weight excluding hydrogens is 294 g/mol. The first-order valence-corrected chi connectivity index (χ1v) is 7.25. The molecule has 1 aromatic carbocycles. The zero-order valence-electron chi connectivity index (χ0n) is 9.90. The first-order valence-electron chi connectivity index (χ1n) is 5.47. The Labute approximate surface area is 115 Å². The first kappa shape index (κ1) is 12.7. The van der Waals surface area contributed by atoms with Crippen LogP contribution in [0.1, 0.15) is 16.8 Å². The monoisotopic (exact) mass is 307 g/mol. The molecule has 0 radical (unpaired) electrons. The average Bonchev–Trinajstić information content (AvgIpc) is 2.32. The van der Waals surface area contributed by atoms with E-state index in [0.717, 1.165) is 20.9 Å². The van der Waals surface area contributed by atoms with E-state index in [2.05, 4.69) is 64.2 Å². The molecule has 0 aliphatic carbocycles. The number of hydrogen-bond acceptors (Lipinski definition) is 2. The molecule has 1 nitrogen and oxygen atoms in total. The lowest BCUT2D eigenvalue weighted by Gasteiger charge is -2.06. The van der Waals surface area contributed by atoms with Crippen molar-refractivity contribution in [1.29, 1.82) is 0 Å². The van der Waals surface area contributed by atoms with Crippen molar-refractivity contribution in [1.82, 2.24) is 4.98 Å². The van der Waals surface area contributed by atoms with E-state index in [1.165, 1.54) is 11.1 Å². The molecule has 0 fully saturated rings. The minimum atomic E-state index is 0.973. The van der Waals surface area contributed by atoms with Crippen LogP contribution in [0.3, 0.4) is 0 Å². The molecule has 3 heteroatoms. The van der Waals surface area contributed by atoms with Gasteiger partial charge in [-0.25, -0.2) is 4.98 Å². The molecule has 1 heterocycles. The summed E-state index contributed by atoms with van der Waals surface area (Å²) in [6.07, 6.45) is 0. The van der Waals surface area contributed by atoms with Gasteiger partial charge in [-0.15, -0.1) is 11.8 Å². The van der Waals surface area contributed by atoms with Gasteiger partial charge >= 0.3 is 0 Å².